The van der Waals surface area contributed by atoms with Gasteiger partial charge in [0.2, 0.25) is 0 Å². The third-order valence-corrected chi connectivity index (χ3v) is 1.93. The molecule has 1 N–H and O–H groups in total. The molecule has 1 rings (SSSR count). The average molecular weight is 193 g/mol. The largest absolute Gasteiger partial charge is 0.297 e. The molecule has 0 amide bonds. The molecule has 0 saturated heterocycles. The molecule has 14 heavy (non-hydrogen) atoms. The zero-order valence-corrected chi connectivity index (χ0v) is 8.49. The highest BCUT2D eigenvalue weighted by atomic mass is 16.7. The van der Waals surface area contributed by atoms with Crippen molar-refractivity contribution in [1.82, 2.24) is 0 Å². The van der Waals surface area contributed by atoms with Gasteiger partial charge in [0.1, 0.15) is 6.10 Å². The van der Waals surface area contributed by atoms with E-state index in [9.17, 15) is 4.79 Å². The summed E-state index contributed by atoms with van der Waals surface area (Å²) < 4.78 is 0. The van der Waals surface area contributed by atoms with Crippen LogP contribution in [0.25, 0.3) is 0 Å². The van der Waals surface area contributed by atoms with Crippen molar-refractivity contribution in [3.8, 4) is 0 Å². The summed E-state index contributed by atoms with van der Waals surface area (Å²) in [6.07, 6.45) is 0.0951. The van der Waals surface area contributed by atoms with Crippen LogP contribution in [-0.2, 0) is 9.63 Å². The molecular formula is C11H15NO2. The number of anilines is 1. The highest BCUT2D eigenvalue weighted by Crippen LogP contribution is 2.06. The van der Waals surface area contributed by atoms with Gasteiger partial charge in [0.25, 0.3) is 0 Å². The zero-order chi connectivity index (χ0) is 10.4. The lowest BCUT2D eigenvalue weighted by atomic mass is 10.2. The van der Waals surface area contributed by atoms with Gasteiger partial charge in [-0.1, -0.05) is 25.1 Å². The predicted molar refractivity (Wildman–Crippen MR) is 55.9 cm³/mol. The molecule has 0 aromatic heterocycles. The molecule has 1 aromatic carbocycles. The third kappa shape index (κ3) is 3.18. The number of benzene rings is 1. The second kappa shape index (κ2) is 5.40. The molecular weight excluding hydrogens is 178 g/mol. The van der Waals surface area contributed by atoms with Crippen LogP contribution in [0.3, 0.4) is 0 Å². The second-order valence-corrected chi connectivity index (χ2v) is 3.05. The van der Waals surface area contributed by atoms with Gasteiger partial charge in [-0.2, -0.15) is 0 Å². The summed E-state index contributed by atoms with van der Waals surface area (Å²) in [4.78, 5) is 16.3. The van der Waals surface area contributed by atoms with E-state index >= 15 is 0 Å². The Hall–Kier alpha value is -1.35. The Labute approximate surface area is 84.0 Å². The van der Waals surface area contributed by atoms with E-state index in [1.165, 1.54) is 0 Å². The van der Waals surface area contributed by atoms with Crippen LogP contribution in [0.1, 0.15) is 20.3 Å². The maximum absolute atomic E-state index is 11.2. The van der Waals surface area contributed by atoms with Crippen molar-refractivity contribution in [1.29, 1.82) is 0 Å². The molecule has 0 aliphatic rings. The van der Waals surface area contributed by atoms with Gasteiger partial charge in [-0.3, -0.25) is 15.1 Å². The summed E-state index contributed by atoms with van der Waals surface area (Å²) in [5.41, 5.74) is 3.59. The second-order valence-electron chi connectivity index (χ2n) is 3.05. The van der Waals surface area contributed by atoms with E-state index in [0.717, 1.165) is 5.69 Å². The average Bonchev–Trinajstić information content (AvgIpc) is 2.26. The standard InChI is InChI=1S/C11H15NO2/c1-3-11(13)9(2)14-12-10-7-5-4-6-8-10/h4-9,12H,3H2,1-2H3. The number of nitrogens with one attached hydrogen (secondary N) is 1. The third-order valence-electron chi connectivity index (χ3n) is 1.93. The van der Waals surface area contributed by atoms with E-state index in [1.807, 2.05) is 37.3 Å². The van der Waals surface area contributed by atoms with Gasteiger partial charge in [-0.15, -0.1) is 0 Å². The quantitative estimate of drug-likeness (QED) is 0.730. The minimum atomic E-state index is -0.403. The normalized spacial score (nSPS) is 12.1. The first kappa shape index (κ1) is 10.7. The number of carbonyl (C=O) groups excluding carboxylic acids is 1. The Morgan fingerprint density at radius 2 is 2.07 bits per heavy atom. The van der Waals surface area contributed by atoms with Crippen molar-refractivity contribution < 1.29 is 9.63 Å². The number of rotatable bonds is 5. The smallest absolute Gasteiger partial charge is 0.163 e. The van der Waals surface area contributed by atoms with Gasteiger partial charge in [-0.25, -0.2) is 0 Å². The first-order valence-corrected chi connectivity index (χ1v) is 4.73. The van der Waals surface area contributed by atoms with Crippen LogP contribution in [0.15, 0.2) is 30.3 Å². The molecule has 0 fully saturated rings. The van der Waals surface area contributed by atoms with Crippen molar-refractivity contribution >= 4 is 11.5 Å². The minimum Gasteiger partial charge on any atom is -0.297 e. The Bertz CT molecular complexity index is 285. The molecule has 0 spiro atoms. The Kier molecular flexibility index (Phi) is 4.13. The summed E-state index contributed by atoms with van der Waals surface area (Å²) in [5, 5.41) is 0. The van der Waals surface area contributed by atoms with Crippen molar-refractivity contribution in [2.24, 2.45) is 0 Å². The van der Waals surface area contributed by atoms with E-state index < -0.39 is 6.10 Å². The monoisotopic (exact) mass is 193 g/mol. The number of Topliss-reactive ketones (excluding diaryl/α,β-unsaturated/α-hetero) is 1. The molecule has 0 heterocycles. The van der Waals surface area contributed by atoms with Gasteiger partial charge < -0.3 is 0 Å². The zero-order valence-electron chi connectivity index (χ0n) is 8.49. The first-order chi connectivity index (χ1) is 6.74. The highest BCUT2D eigenvalue weighted by Gasteiger charge is 2.10. The molecule has 3 nitrogen and oxygen atoms in total. The maximum Gasteiger partial charge on any atom is 0.163 e. The summed E-state index contributed by atoms with van der Waals surface area (Å²) in [7, 11) is 0. The van der Waals surface area contributed by atoms with Crippen molar-refractivity contribution in [3.63, 3.8) is 0 Å². The van der Waals surface area contributed by atoms with Crippen molar-refractivity contribution in [3.05, 3.63) is 30.3 Å². The number of para-hydroxylation sites is 1. The molecule has 0 saturated carbocycles. The lowest BCUT2D eigenvalue weighted by Gasteiger charge is -2.11. The molecule has 3 heteroatoms. The maximum atomic E-state index is 11.2. The summed E-state index contributed by atoms with van der Waals surface area (Å²) in [5.74, 6) is 0.0911. The molecule has 0 radical (unpaired) electrons. The van der Waals surface area contributed by atoms with Crippen LogP contribution < -0.4 is 5.48 Å². The van der Waals surface area contributed by atoms with Crippen LogP contribution in [0.4, 0.5) is 5.69 Å². The van der Waals surface area contributed by atoms with E-state index in [2.05, 4.69) is 5.48 Å². The summed E-state index contributed by atoms with van der Waals surface area (Å²) in [6.45, 7) is 3.56. The van der Waals surface area contributed by atoms with Gasteiger partial charge >= 0.3 is 0 Å². The number of carbonyl (C=O) groups is 1. The Morgan fingerprint density at radius 1 is 1.43 bits per heavy atom. The fourth-order valence-electron chi connectivity index (χ4n) is 1.02. The predicted octanol–water partition coefficient (Wildman–Crippen LogP) is 2.40. The molecule has 1 aromatic rings. The van der Waals surface area contributed by atoms with Crippen LogP contribution in [0.2, 0.25) is 0 Å². The van der Waals surface area contributed by atoms with Gasteiger partial charge in [-0.05, 0) is 19.1 Å². The summed E-state index contributed by atoms with van der Waals surface area (Å²) in [6, 6.07) is 9.48. The lowest BCUT2D eigenvalue weighted by molar-refractivity contribution is -0.127. The summed E-state index contributed by atoms with van der Waals surface area (Å²) >= 11 is 0. The molecule has 1 unspecified atom stereocenters. The number of hydrogen-bond donors (Lipinski definition) is 1. The number of ketones is 1. The van der Waals surface area contributed by atoms with Crippen LogP contribution >= 0.6 is 0 Å². The Morgan fingerprint density at radius 3 is 2.64 bits per heavy atom. The first-order valence-electron chi connectivity index (χ1n) is 4.73. The van der Waals surface area contributed by atoms with E-state index in [4.69, 9.17) is 4.84 Å². The van der Waals surface area contributed by atoms with Crippen molar-refractivity contribution in [2.75, 3.05) is 5.48 Å². The topological polar surface area (TPSA) is 38.3 Å². The van der Waals surface area contributed by atoms with Crippen LogP contribution in [-0.4, -0.2) is 11.9 Å². The van der Waals surface area contributed by atoms with Gasteiger partial charge in [0, 0.05) is 6.42 Å². The van der Waals surface area contributed by atoms with Crippen LogP contribution in [0, 0.1) is 0 Å². The molecule has 76 valence electrons. The van der Waals surface area contributed by atoms with E-state index in [0.29, 0.717) is 6.42 Å². The SMILES string of the molecule is CCC(=O)C(C)ONc1ccccc1. The molecule has 1 atom stereocenters. The molecule has 0 bridgehead atoms. The van der Waals surface area contributed by atoms with Crippen LogP contribution in [0.5, 0.6) is 0 Å². The van der Waals surface area contributed by atoms with Crippen molar-refractivity contribution in [2.45, 2.75) is 26.4 Å². The van der Waals surface area contributed by atoms with E-state index in [-0.39, 0.29) is 5.78 Å². The number of hydrogen-bond acceptors (Lipinski definition) is 3. The van der Waals surface area contributed by atoms with E-state index in [1.54, 1.807) is 6.92 Å². The molecule has 0 aliphatic heterocycles. The highest BCUT2D eigenvalue weighted by molar-refractivity contribution is 5.82. The fourth-order valence-corrected chi connectivity index (χ4v) is 1.02. The lowest BCUT2D eigenvalue weighted by Crippen LogP contribution is -2.22. The van der Waals surface area contributed by atoms with Gasteiger partial charge in [0.15, 0.2) is 5.78 Å². The minimum absolute atomic E-state index is 0.0911. The molecule has 0 aliphatic carbocycles. The van der Waals surface area contributed by atoms with Gasteiger partial charge in [0.05, 0.1) is 5.69 Å². The fraction of sp³-hybridized carbons (Fsp3) is 0.364. The Balaban J connectivity index is 2.38.